The van der Waals surface area contributed by atoms with Gasteiger partial charge in [-0.1, -0.05) is 43.2 Å². The largest absolute Gasteiger partial charge is 0.396 e. The summed E-state index contributed by atoms with van der Waals surface area (Å²) >= 11 is 0. The van der Waals surface area contributed by atoms with Gasteiger partial charge in [-0.2, -0.15) is 0 Å². The Morgan fingerprint density at radius 1 is 1.12 bits per heavy atom. The highest BCUT2D eigenvalue weighted by atomic mass is 127. The van der Waals surface area contributed by atoms with Crippen LogP contribution >= 0.6 is 24.0 Å². The van der Waals surface area contributed by atoms with Gasteiger partial charge < -0.3 is 20.6 Å². The highest BCUT2D eigenvalue weighted by Crippen LogP contribution is 2.26. The number of aliphatic imine (C=N–C) groups is 1. The standard InChI is InChI=1S/C24H39N5O2.HI/c1-2-25-24(27-18-22(19-30)20-8-4-3-5-9-20)26-12-13-28-14-16-29(17-15-28)23(31)21-10-6-7-11-21;/h3-5,8-9,21-22,30H,2,6-7,10-19H2,1H3,(H2,25,26,27);1H. The molecule has 180 valence electrons. The van der Waals surface area contributed by atoms with Crippen LogP contribution in [0.1, 0.15) is 44.1 Å². The Morgan fingerprint density at radius 2 is 1.81 bits per heavy atom. The fraction of sp³-hybridized carbons (Fsp3) is 0.667. The molecule has 1 aromatic rings. The molecule has 1 heterocycles. The zero-order valence-corrected chi connectivity index (χ0v) is 21.7. The molecule has 1 unspecified atom stereocenters. The van der Waals surface area contributed by atoms with Crippen LogP contribution in [0.5, 0.6) is 0 Å². The normalized spacial score (nSPS) is 18.8. The minimum absolute atomic E-state index is 0. The van der Waals surface area contributed by atoms with E-state index in [4.69, 9.17) is 0 Å². The Bertz CT molecular complexity index is 689. The van der Waals surface area contributed by atoms with Crippen LogP contribution in [0.2, 0.25) is 0 Å². The van der Waals surface area contributed by atoms with E-state index in [1.807, 2.05) is 30.3 Å². The van der Waals surface area contributed by atoms with Crippen LogP contribution in [0, 0.1) is 5.92 Å². The lowest BCUT2D eigenvalue weighted by Crippen LogP contribution is -2.51. The third-order valence-corrected chi connectivity index (χ3v) is 6.41. The van der Waals surface area contributed by atoms with Crippen molar-refractivity contribution >= 4 is 35.8 Å². The van der Waals surface area contributed by atoms with Crippen LogP contribution in [0.25, 0.3) is 0 Å². The molecule has 3 rings (SSSR count). The third-order valence-electron chi connectivity index (χ3n) is 6.41. The topological polar surface area (TPSA) is 80.2 Å². The molecule has 0 bridgehead atoms. The first-order valence-corrected chi connectivity index (χ1v) is 11.9. The van der Waals surface area contributed by atoms with E-state index in [-0.39, 0.29) is 42.4 Å². The van der Waals surface area contributed by atoms with Gasteiger partial charge in [-0.05, 0) is 25.3 Å². The van der Waals surface area contributed by atoms with E-state index in [2.05, 4.69) is 32.3 Å². The number of piperazine rings is 1. The molecule has 32 heavy (non-hydrogen) atoms. The van der Waals surface area contributed by atoms with Gasteiger partial charge in [0.15, 0.2) is 5.96 Å². The molecule has 8 heteroatoms. The van der Waals surface area contributed by atoms with Gasteiger partial charge in [0.1, 0.15) is 0 Å². The van der Waals surface area contributed by atoms with Crippen LogP contribution in [-0.4, -0.2) is 85.7 Å². The lowest BCUT2D eigenvalue weighted by atomic mass is 10.0. The van der Waals surface area contributed by atoms with Crippen molar-refractivity contribution in [2.75, 3.05) is 59.0 Å². The molecule has 1 aliphatic heterocycles. The van der Waals surface area contributed by atoms with Crippen molar-refractivity contribution in [1.82, 2.24) is 20.4 Å². The van der Waals surface area contributed by atoms with Gasteiger partial charge in [0.25, 0.3) is 0 Å². The van der Waals surface area contributed by atoms with E-state index in [0.29, 0.717) is 12.5 Å². The van der Waals surface area contributed by atoms with E-state index < -0.39 is 0 Å². The lowest BCUT2D eigenvalue weighted by Gasteiger charge is -2.36. The molecule has 1 amide bonds. The fourth-order valence-electron chi connectivity index (χ4n) is 4.49. The second kappa shape index (κ2) is 14.7. The van der Waals surface area contributed by atoms with E-state index >= 15 is 0 Å². The number of rotatable bonds is 9. The number of carbonyl (C=O) groups is 1. The third kappa shape index (κ3) is 8.19. The van der Waals surface area contributed by atoms with E-state index in [1.165, 1.54) is 12.8 Å². The number of amides is 1. The molecular weight excluding hydrogens is 517 g/mol. The molecule has 1 aromatic carbocycles. The van der Waals surface area contributed by atoms with Gasteiger partial charge in [0.05, 0.1) is 13.2 Å². The Balaban J connectivity index is 0.00000363. The number of nitrogens with one attached hydrogen (secondary N) is 2. The Morgan fingerprint density at radius 3 is 2.44 bits per heavy atom. The summed E-state index contributed by atoms with van der Waals surface area (Å²) in [6.45, 7) is 8.77. The summed E-state index contributed by atoms with van der Waals surface area (Å²) in [5, 5.41) is 16.5. The molecule has 1 saturated heterocycles. The molecule has 3 N–H and O–H groups in total. The first-order valence-electron chi connectivity index (χ1n) is 11.9. The zero-order chi connectivity index (χ0) is 21.9. The average molecular weight is 558 g/mol. The van der Waals surface area contributed by atoms with E-state index in [1.54, 1.807) is 0 Å². The van der Waals surface area contributed by atoms with Crippen molar-refractivity contribution in [3.63, 3.8) is 0 Å². The van der Waals surface area contributed by atoms with Crippen molar-refractivity contribution in [1.29, 1.82) is 0 Å². The maximum atomic E-state index is 12.6. The molecule has 0 spiro atoms. The minimum atomic E-state index is 0. The summed E-state index contributed by atoms with van der Waals surface area (Å²) in [6, 6.07) is 10.0. The molecule has 2 aliphatic rings. The van der Waals surface area contributed by atoms with Crippen molar-refractivity contribution < 1.29 is 9.90 Å². The second-order valence-corrected chi connectivity index (χ2v) is 8.58. The maximum absolute atomic E-state index is 12.6. The van der Waals surface area contributed by atoms with Crippen molar-refractivity contribution in [3.8, 4) is 0 Å². The van der Waals surface area contributed by atoms with Gasteiger partial charge in [0, 0.05) is 57.6 Å². The smallest absolute Gasteiger partial charge is 0.225 e. The van der Waals surface area contributed by atoms with Gasteiger partial charge in [0.2, 0.25) is 5.91 Å². The zero-order valence-electron chi connectivity index (χ0n) is 19.3. The number of hydrogen-bond donors (Lipinski definition) is 3. The second-order valence-electron chi connectivity index (χ2n) is 8.58. The lowest BCUT2D eigenvalue weighted by molar-refractivity contribution is -0.137. The molecule has 1 saturated carbocycles. The molecule has 1 aliphatic carbocycles. The summed E-state index contributed by atoms with van der Waals surface area (Å²) < 4.78 is 0. The SMILES string of the molecule is CCNC(=NCC(CO)c1ccccc1)NCCN1CCN(C(=O)C2CCCC2)CC1.I. The summed E-state index contributed by atoms with van der Waals surface area (Å²) in [6.07, 6.45) is 4.58. The van der Waals surface area contributed by atoms with Gasteiger partial charge in [-0.15, -0.1) is 24.0 Å². The highest BCUT2D eigenvalue weighted by Gasteiger charge is 2.29. The van der Waals surface area contributed by atoms with Crippen molar-refractivity contribution in [2.45, 2.75) is 38.5 Å². The molecule has 7 nitrogen and oxygen atoms in total. The minimum Gasteiger partial charge on any atom is -0.396 e. The number of benzene rings is 1. The highest BCUT2D eigenvalue weighted by molar-refractivity contribution is 14.0. The quantitative estimate of drug-likeness (QED) is 0.247. The average Bonchev–Trinajstić information content (AvgIpc) is 3.35. The number of halogens is 1. The molecule has 2 fully saturated rings. The van der Waals surface area contributed by atoms with Crippen LogP contribution in [0.3, 0.4) is 0 Å². The number of aliphatic hydroxyl groups excluding tert-OH is 1. The Labute approximate surface area is 210 Å². The fourth-order valence-corrected chi connectivity index (χ4v) is 4.49. The van der Waals surface area contributed by atoms with E-state index in [0.717, 1.165) is 70.2 Å². The van der Waals surface area contributed by atoms with Crippen LogP contribution in [0.15, 0.2) is 35.3 Å². The van der Waals surface area contributed by atoms with Crippen LogP contribution < -0.4 is 10.6 Å². The molecule has 0 aromatic heterocycles. The number of guanidine groups is 1. The predicted molar refractivity (Wildman–Crippen MR) is 141 cm³/mol. The molecular formula is C24H40IN5O2. The Hall–Kier alpha value is -1.39. The monoisotopic (exact) mass is 557 g/mol. The Kier molecular flexibility index (Phi) is 12.3. The summed E-state index contributed by atoms with van der Waals surface area (Å²) in [5.74, 6) is 1.45. The molecule has 0 radical (unpaired) electrons. The first kappa shape index (κ1) is 26.9. The number of nitrogens with zero attached hydrogens (tertiary/aromatic N) is 3. The number of aliphatic hydroxyl groups is 1. The van der Waals surface area contributed by atoms with Crippen molar-refractivity contribution in [2.24, 2.45) is 10.9 Å². The summed E-state index contributed by atoms with van der Waals surface area (Å²) in [4.78, 5) is 21.8. The van der Waals surface area contributed by atoms with Gasteiger partial charge >= 0.3 is 0 Å². The number of hydrogen-bond acceptors (Lipinski definition) is 4. The number of carbonyl (C=O) groups excluding carboxylic acids is 1. The summed E-state index contributed by atoms with van der Waals surface area (Å²) in [7, 11) is 0. The first-order chi connectivity index (χ1) is 15.2. The summed E-state index contributed by atoms with van der Waals surface area (Å²) in [5.41, 5.74) is 1.11. The van der Waals surface area contributed by atoms with Crippen molar-refractivity contribution in [3.05, 3.63) is 35.9 Å². The van der Waals surface area contributed by atoms with Crippen LogP contribution in [0.4, 0.5) is 0 Å². The predicted octanol–water partition coefficient (Wildman–Crippen LogP) is 2.27. The van der Waals surface area contributed by atoms with Gasteiger partial charge in [-0.25, -0.2) is 0 Å². The molecule has 1 atom stereocenters. The van der Waals surface area contributed by atoms with Crippen LogP contribution in [-0.2, 0) is 4.79 Å². The van der Waals surface area contributed by atoms with Gasteiger partial charge in [-0.3, -0.25) is 14.7 Å². The van der Waals surface area contributed by atoms with E-state index in [9.17, 15) is 9.90 Å². The maximum Gasteiger partial charge on any atom is 0.225 e.